The minimum atomic E-state index is -4.11. The molecule has 0 spiro atoms. The molecule has 2 amide bonds. The predicted molar refractivity (Wildman–Crippen MR) is 156 cm³/mol. The summed E-state index contributed by atoms with van der Waals surface area (Å²) < 4.78 is 31.1. The number of amides is 2. The lowest BCUT2D eigenvalue weighted by Gasteiger charge is -2.13. The molecular formula is C28H31N7O4S. The Morgan fingerprint density at radius 1 is 1.05 bits per heavy atom. The molecule has 1 heterocycles. The Kier molecular flexibility index (Phi) is 8.76. The zero-order valence-electron chi connectivity index (χ0n) is 22.4. The number of hydrogen-bond acceptors (Lipinski definition) is 8. The van der Waals surface area contributed by atoms with E-state index in [9.17, 15) is 18.5 Å². The van der Waals surface area contributed by atoms with Gasteiger partial charge in [-0.2, -0.15) is 13.7 Å². The van der Waals surface area contributed by atoms with E-state index in [2.05, 4.69) is 38.9 Å². The van der Waals surface area contributed by atoms with Gasteiger partial charge < -0.3 is 24.7 Å². The van der Waals surface area contributed by atoms with Crippen LogP contribution >= 0.6 is 0 Å². The molecule has 4 N–H and O–H groups in total. The van der Waals surface area contributed by atoms with Crippen LogP contribution in [-0.2, 0) is 10.1 Å². The van der Waals surface area contributed by atoms with Crippen molar-refractivity contribution in [3.63, 3.8) is 0 Å². The minimum Gasteiger partial charge on any atom is -0.379 e. The zero-order valence-corrected chi connectivity index (χ0v) is 23.2. The van der Waals surface area contributed by atoms with E-state index in [1.165, 1.54) is 24.3 Å². The van der Waals surface area contributed by atoms with Gasteiger partial charge in [-0.15, -0.1) is 0 Å². The fourth-order valence-corrected chi connectivity index (χ4v) is 4.81. The van der Waals surface area contributed by atoms with Crippen molar-refractivity contribution in [3.05, 3.63) is 66.7 Å². The maximum absolute atomic E-state index is 12.9. The molecule has 208 valence electrons. The van der Waals surface area contributed by atoms with Gasteiger partial charge in [-0.25, -0.2) is 9.78 Å². The normalized spacial score (nSPS) is 11.8. The average molecular weight is 562 g/mol. The van der Waals surface area contributed by atoms with Crippen LogP contribution in [0, 0.1) is 11.3 Å². The Bertz CT molecular complexity index is 1610. The first-order valence-electron chi connectivity index (χ1n) is 12.7. The Labute approximate surface area is 233 Å². The number of nitrogens with zero attached hydrogens (tertiary/aromatic N) is 3. The molecule has 1 aromatic heterocycles. The Balaban J connectivity index is 1.39. The quantitative estimate of drug-likeness (QED) is 0.174. The molecule has 12 heteroatoms. The lowest BCUT2D eigenvalue weighted by Crippen LogP contribution is -2.20. The van der Waals surface area contributed by atoms with Gasteiger partial charge >= 0.3 is 16.1 Å². The summed E-state index contributed by atoms with van der Waals surface area (Å²) in [6.07, 6.45) is 2.61. The van der Waals surface area contributed by atoms with E-state index in [0.717, 1.165) is 18.5 Å². The van der Waals surface area contributed by atoms with Gasteiger partial charge in [0.05, 0.1) is 17.1 Å². The van der Waals surface area contributed by atoms with Gasteiger partial charge in [-0.3, -0.25) is 5.32 Å². The molecule has 0 bridgehead atoms. The van der Waals surface area contributed by atoms with Gasteiger partial charge in [-0.1, -0.05) is 19.8 Å². The number of carbonyl (C=O) groups excluding carboxylic acids is 1. The molecule has 40 heavy (non-hydrogen) atoms. The van der Waals surface area contributed by atoms with Crippen LogP contribution in [0.2, 0.25) is 0 Å². The number of hydrogen-bond donors (Lipinski definition) is 4. The highest BCUT2D eigenvalue weighted by molar-refractivity contribution is 7.87. The lowest BCUT2D eigenvalue weighted by atomic mass is 10.1. The number of nitrogens with one attached hydrogen (secondary N) is 4. The smallest absolute Gasteiger partial charge is 0.339 e. The standard InChI is InChI=1S/C28H31N7O4S/c1-4-5-6-21(18-29)30-19-9-14-24(15-10-19)40(37,38)39-23-13-16-25-26(17-23)33-27(32-25)34-28(36)31-20-7-11-22(12-8-20)35(2)3/h7-17,21,30H,4-6H2,1-3H3,(H3,31,32,33,34,36). The van der Waals surface area contributed by atoms with Crippen molar-refractivity contribution in [1.29, 1.82) is 5.26 Å². The van der Waals surface area contributed by atoms with Crippen molar-refractivity contribution in [3.8, 4) is 11.8 Å². The number of fused-ring (bicyclic) bond motifs is 1. The highest BCUT2D eigenvalue weighted by Gasteiger charge is 2.18. The second-order valence-corrected chi connectivity index (χ2v) is 10.9. The number of urea groups is 1. The van der Waals surface area contributed by atoms with Crippen LogP contribution in [0.1, 0.15) is 26.2 Å². The summed E-state index contributed by atoms with van der Waals surface area (Å²) in [4.78, 5) is 21.6. The molecule has 3 aromatic carbocycles. The highest BCUT2D eigenvalue weighted by Crippen LogP contribution is 2.25. The van der Waals surface area contributed by atoms with E-state index in [0.29, 0.717) is 28.8 Å². The van der Waals surface area contributed by atoms with Crippen LogP contribution < -0.4 is 25.0 Å². The molecular weight excluding hydrogens is 530 g/mol. The van der Waals surface area contributed by atoms with Crippen molar-refractivity contribution in [2.45, 2.75) is 37.1 Å². The minimum absolute atomic E-state index is 0.0255. The van der Waals surface area contributed by atoms with Gasteiger partial charge in [0.2, 0.25) is 5.95 Å². The third-order valence-corrected chi connectivity index (χ3v) is 7.28. The van der Waals surface area contributed by atoms with Crippen molar-refractivity contribution >= 4 is 50.2 Å². The number of benzene rings is 3. The molecule has 0 saturated heterocycles. The highest BCUT2D eigenvalue weighted by atomic mass is 32.2. The van der Waals surface area contributed by atoms with Crippen LogP contribution in [0.15, 0.2) is 71.6 Å². The number of imidazole rings is 1. The summed E-state index contributed by atoms with van der Waals surface area (Å²) in [5.74, 6) is 0.273. The fraction of sp³-hybridized carbons (Fsp3) is 0.250. The van der Waals surface area contributed by atoms with Crippen molar-refractivity contribution in [1.82, 2.24) is 9.97 Å². The number of aromatic nitrogens is 2. The van der Waals surface area contributed by atoms with E-state index in [1.54, 1.807) is 30.3 Å². The van der Waals surface area contributed by atoms with Crippen LogP contribution in [0.3, 0.4) is 0 Å². The molecule has 0 saturated carbocycles. The first-order valence-corrected chi connectivity index (χ1v) is 14.1. The summed E-state index contributed by atoms with van der Waals surface area (Å²) in [6.45, 7) is 2.06. The number of carbonyl (C=O) groups is 1. The summed E-state index contributed by atoms with van der Waals surface area (Å²) in [5.41, 5.74) is 3.26. The summed E-state index contributed by atoms with van der Waals surface area (Å²) in [7, 11) is -0.251. The van der Waals surface area contributed by atoms with Crippen LogP contribution in [0.4, 0.5) is 27.8 Å². The van der Waals surface area contributed by atoms with Gasteiger partial charge in [0, 0.05) is 37.2 Å². The van der Waals surface area contributed by atoms with E-state index >= 15 is 0 Å². The van der Waals surface area contributed by atoms with E-state index in [4.69, 9.17) is 4.18 Å². The predicted octanol–water partition coefficient (Wildman–Crippen LogP) is 5.53. The van der Waals surface area contributed by atoms with Gasteiger partial charge in [-0.05, 0) is 67.1 Å². The molecule has 4 rings (SSSR count). The van der Waals surface area contributed by atoms with Gasteiger partial charge in [0.15, 0.2) is 0 Å². The van der Waals surface area contributed by atoms with Crippen molar-refractivity contribution in [2.24, 2.45) is 0 Å². The third-order valence-electron chi connectivity index (χ3n) is 6.02. The van der Waals surface area contributed by atoms with Crippen molar-refractivity contribution < 1.29 is 17.4 Å². The molecule has 1 atom stereocenters. The van der Waals surface area contributed by atoms with Crippen LogP contribution in [-0.4, -0.2) is 44.6 Å². The van der Waals surface area contributed by atoms with E-state index in [-0.39, 0.29) is 22.6 Å². The van der Waals surface area contributed by atoms with Crippen molar-refractivity contribution in [2.75, 3.05) is 34.9 Å². The number of anilines is 4. The maximum Gasteiger partial charge on any atom is 0.339 e. The lowest BCUT2D eigenvalue weighted by molar-refractivity contribution is 0.262. The molecule has 1 unspecified atom stereocenters. The first-order chi connectivity index (χ1) is 19.2. The number of H-pyrrole nitrogens is 1. The molecule has 0 aliphatic heterocycles. The molecule has 0 fully saturated rings. The zero-order chi connectivity index (χ0) is 28.7. The molecule has 4 aromatic rings. The maximum atomic E-state index is 12.9. The fourth-order valence-electron chi connectivity index (χ4n) is 3.88. The average Bonchev–Trinajstić information content (AvgIpc) is 3.32. The summed E-state index contributed by atoms with van der Waals surface area (Å²) >= 11 is 0. The Morgan fingerprint density at radius 2 is 1.75 bits per heavy atom. The Morgan fingerprint density at radius 3 is 2.40 bits per heavy atom. The number of nitriles is 1. The molecule has 0 aliphatic rings. The number of rotatable bonds is 11. The summed E-state index contributed by atoms with van der Waals surface area (Å²) in [6, 6.07) is 19.3. The van der Waals surface area contributed by atoms with E-state index < -0.39 is 16.1 Å². The monoisotopic (exact) mass is 561 g/mol. The third kappa shape index (κ3) is 7.21. The second kappa shape index (κ2) is 12.4. The Hall–Kier alpha value is -4.76. The topological polar surface area (TPSA) is 152 Å². The number of aromatic amines is 1. The van der Waals surface area contributed by atoms with Gasteiger partial charge in [0.25, 0.3) is 0 Å². The van der Waals surface area contributed by atoms with Crippen LogP contribution in [0.25, 0.3) is 11.0 Å². The SMILES string of the molecule is CCCCC(C#N)Nc1ccc(S(=O)(=O)Oc2ccc3nc(NC(=O)Nc4ccc(N(C)C)cc4)[nH]c3c2)cc1. The first kappa shape index (κ1) is 28.3. The van der Waals surface area contributed by atoms with Crippen LogP contribution in [0.5, 0.6) is 5.75 Å². The number of unbranched alkanes of at least 4 members (excludes halogenated alkanes) is 1. The largest absolute Gasteiger partial charge is 0.379 e. The van der Waals surface area contributed by atoms with E-state index in [1.807, 2.05) is 31.1 Å². The van der Waals surface area contributed by atoms with Gasteiger partial charge in [0.1, 0.15) is 16.7 Å². The second-order valence-electron chi connectivity index (χ2n) is 9.31. The molecule has 0 radical (unpaired) electrons. The summed E-state index contributed by atoms with van der Waals surface area (Å²) in [5, 5.41) is 17.8. The molecule has 0 aliphatic carbocycles. The molecule has 11 nitrogen and oxygen atoms in total.